The quantitative estimate of drug-likeness (QED) is 0.526. The molecule has 0 aliphatic carbocycles. The Bertz CT molecular complexity index is 433. The summed E-state index contributed by atoms with van der Waals surface area (Å²) < 4.78 is 18.2. The maximum Gasteiger partial charge on any atom is 0.308 e. The third-order valence-corrected chi connectivity index (χ3v) is 14.7. The third kappa shape index (κ3) is 5.15. The molecule has 0 radical (unpaired) electrons. The topological polar surface area (TPSA) is 44.8 Å². The van der Waals surface area contributed by atoms with Gasteiger partial charge in [-0.3, -0.25) is 4.79 Å². The number of hydrogen-bond donors (Lipinski definition) is 0. The van der Waals surface area contributed by atoms with Gasteiger partial charge in [0.2, 0.25) is 0 Å². The largest absolute Gasteiger partial charge is 0.457 e. The fraction of sp³-hybridized carbons (Fsp3) is 0.941. The van der Waals surface area contributed by atoms with Gasteiger partial charge in [0.25, 0.3) is 0 Å². The van der Waals surface area contributed by atoms with E-state index in [1.807, 2.05) is 0 Å². The number of cyclic esters (lactones) is 1. The van der Waals surface area contributed by atoms with Gasteiger partial charge in [0.1, 0.15) is 6.10 Å². The predicted octanol–water partition coefficient (Wildman–Crippen LogP) is 4.71. The van der Waals surface area contributed by atoms with Crippen LogP contribution in [0.2, 0.25) is 36.3 Å². The minimum absolute atomic E-state index is 0.115. The Morgan fingerprint density at radius 2 is 1.48 bits per heavy atom. The second kappa shape index (κ2) is 6.61. The fourth-order valence-electron chi connectivity index (χ4n) is 1.91. The number of carbonyl (C=O) groups is 1. The van der Waals surface area contributed by atoms with E-state index in [0.717, 1.165) is 0 Å². The highest BCUT2D eigenvalue weighted by Gasteiger charge is 2.46. The molecule has 136 valence electrons. The number of rotatable bonds is 5. The number of ether oxygens (including phenoxy) is 1. The summed E-state index contributed by atoms with van der Waals surface area (Å²) in [5.74, 6) is -0.169. The summed E-state index contributed by atoms with van der Waals surface area (Å²) in [5, 5.41) is 0.259. The second-order valence-corrected chi connectivity index (χ2v) is 19.3. The Labute approximate surface area is 144 Å². The zero-order chi connectivity index (χ0) is 18.3. The molecular formula is C17H36O4Si2. The van der Waals surface area contributed by atoms with Gasteiger partial charge in [-0.2, -0.15) is 0 Å². The summed E-state index contributed by atoms with van der Waals surface area (Å²) in [6.07, 6.45) is -0.100. The minimum atomic E-state index is -1.93. The Morgan fingerprint density at radius 3 is 1.91 bits per heavy atom. The molecular weight excluding hydrogens is 324 g/mol. The van der Waals surface area contributed by atoms with Gasteiger partial charge in [-0.1, -0.05) is 41.5 Å². The predicted molar refractivity (Wildman–Crippen MR) is 99.7 cm³/mol. The van der Waals surface area contributed by atoms with Crippen LogP contribution in [0.1, 0.15) is 48.0 Å². The smallest absolute Gasteiger partial charge is 0.308 e. The van der Waals surface area contributed by atoms with Crippen molar-refractivity contribution in [3.8, 4) is 0 Å². The van der Waals surface area contributed by atoms with E-state index >= 15 is 0 Å². The summed E-state index contributed by atoms with van der Waals surface area (Å²) in [5.41, 5.74) is 0. The molecule has 0 bridgehead atoms. The van der Waals surface area contributed by atoms with Crippen molar-refractivity contribution in [2.24, 2.45) is 0 Å². The van der Waals surface area contributed by atoms with Crippen LogP contribution >= 0.6 is 0 Å². The molecule has 1 aliphatic rings. The Hall–Kier alpha value is -0.176. The van der Waals surface area contributed by atoms with Crippen molar-refractivity contribution in [1.29, 1.82) is 0 Å². The molecule has 1 rings (SSSR count). The first kappa shape index (κ1) is 20.9. The van der Waals surface area contributed by atoms with Gasteiger partial charge < -0.3 is 13.6 Å². The number of hydrogen-bond acceptors (Lipinski definition) is 4. The molecule has 1 aliphatic heterocycles. The van der Waals surface area contributed by atoms with E-state index in [0.29, 0.717) is 13.0 Å². The molecule has 1 heterocycles. The van der Waals surface area contributed by atoms with Gasteiger partial charge >= 0.3 is 5.97 Å². The molecule has 0 N–H and O–H groups in total. The maximum atomic E-state index is 11.8. The van der Waals surface area contributed by atoms with Gasteiger partial charge in [0, 0.05) is 0 Å². The van der Waals surface area contributed by atoms with Crippen LogP contribution in [0.25, 0.3) is 0 Å². The highest BCUT2D eigenvalue weighted by atomic mass is 28.4. The first-order valence-electron chi connectivity index (χ1n) is 8.58. The minimum Gasteiger partial charge on any atom is -0.457 e. The van der Waals surface area contributed by atoms with Gasteiger partial charge in [0.05, 0.1) is 19.1 Å². The molecule has 0 aromatic rings. The standard InChI is InChI=1S/C17H36O4Si2/c1-16(2,3)22(7,8)19-12-14-13(11-15(18)20-14)21-23(9,10)17(4,5)6/h13-14H,11-12H2,1-10H3/t13-,14+/m1/s1. The molecule has 0 aromatic heterocycles. The summed E-state index contributed by atoms with van der Waals surface area (Å²) in [6.45, 7) is 22.6. The van der Waals surface area contributed by atoms with E-state index in [-0.39, 0.29) is 28.3 Å². The van der Waals surface area contributed by atoms with Crippen LogP contribution in [0.4, 0.5) is 0 Å². The normalized spacial score (nSPS) is 24.0. The van der Waals surface area contributed by atoms with Crippen LogP contribution < -0.4 is 0 Å². The van der Waals surface area contributed by atoms with E-state index < -0.39 is 16.6 Å². The number of esters is 1. The monoisotopic (exact) mass is 360 g/mol. The molecule has 0 spiro atoms. The van der Waals surface area contributed by atoms with Crippen molar-refractivity contribution >= 4 is 22.6 Å². The van der Waals surface area contributed by atoms with Crippen LogP contribution in [-0.4, -0.2) is 41.4 Å². The molecule has 0 saturated carbocycles. The van der Waals surface area contributed by atoms with E-state index in [9.17, 15) is 4.79 Å². The van der Waals surface area contributed by atoms with Crippen molar-refractivity contribution in [2.75, 3.05) is 6.61 Å². The molecule has 0 amide bonds. The summed E-state index contributed by atoms with van der Waals surface area (Å²) in [7, 11) is -3.78. The van der Waals surface area contributed by atoms with E-state index in [2.05, 4.69) is 67.7 Å². The van der Waals surface area contributed by atoms with E-state index in [1.165, 1.54) is 0 Å². The summed E-state index contributed by atoms with van der Waals surface area (Å²) >= 11 is 0. The maximum absolute atomic E-state index is 11.8. The fourth-order valence-corrected chi connectivity index (χ4v) is 4.27. The zero-order valence-electron chi connectivity index (χ0n) is 16.7. The van der Waals surface area contributed by atoms with Crippen LogP contribution in [-0.2, 0) is 18.4 Å². The highest BCUT2D eigenvalue weighted by molar-refractivity contribution is 6.74. The molecule has 6 heteroatoms. The number of carbonyl (C=O) groups excluding carboxylic acids is 1. The Morgan fingerprint density at radius 1 is 1.00 bits per heavy atom. The molecule has 4 nitrogen and oxygen atoms in total. The molecule has 23 heavy (non-hydrogen) atoms. The van der Waals surface area contributed by atoms with Gasteiger partial charge in [-0.25, -0.2) is 0 Å². The lowest BCUT2D eigenvalue weighted by Gasteiger charge is -2.40. The average Bonchev–Trinajstić information content (AvgIpc) is 2.63. The highest BCUT2D eigenvalue weighted by Crippen LogP contribution is 2.40. The van der Waals surface area contributed by atoms with Gasteiger partial charge in [0.15, 0.2) is 16.6 Å². The lowest BCUT2D eigenvalue weighted by Crippen LogP contribution is -2.48. The molecule has 0 unspecified atom stereocenters. The third-order valence-electron chi connectivity index (χ3n) is 5.73. The van der Waals surface area contributed by atoms with Crippen molar-refractivity contribution in [2.45, 2.75) is 96.4 Å². The van der Waals surface area contributed by atoms with Gasteiger partial charge in [-0.05, 0) is 36.3 Å². The van der Waals surface area contributed by atoms with Crippen molar-refractivity contribution in [3.05, 3.63) is 0 Å². The first-order chi connectivity index (χ1) is 10.1. The Balaban J connectivity index is 2.76. The van der Waals surface area contributed by atoms with Crippen LogP contribution in [0.3, 0.4) is 0 Å². The summed E-state index contributed by atoms with van der Waals surface area (Å²) in [4.78, 5) is 11.8. The van der Waals surface area contributed by atoms with Crippen LogP contribution in [0.5, 0.6) is 0 Å². The van der Waals surface area contributed by atoms with Crippen molar-refractivity contribution < 1.29 is 18.4 Å². The summed E-state index contributed by atoms with van der Waals surface area (Å²) in [6, 6.07) is 0. The SMILES string of the molecule is CC(C)(C)[Si](C)(C)OC[C@@H]1OC(=O)C[C@H]1O[Si](C)(C)C(C)(C)C. The lowest BCUT2D eigenvalue weighted by molar-refractivity contribution is -0.142. The zero-order valence-corrected chi connectivity index (χ0v) is 18.7. The van der Waals surface area contributed by atoms with Crippen LogP contribution in [0, 0.1) is 0 Å². The molecule has 2 atom stereocenters. The van der Waals surface area contributed by atoms with Crippen molar-refractivity contribution in [1.82, 2.24) is 0 Å². The Kier molecular flexibility index (Phi) is 6.00. The molecule has 1 saturated heterocycles. The molecule has 1 fully saturated rings. The van der Waals surface area contributed by atoms with E-state index in [1.54, 1.807) is 0 Å². The lowest BCUT2D eigenvalue weighted by atomic mass is 10.2. The first-order valence-corrected chi connectivity index (χ1v) is 14.4. The van der Waals surface area contributed by atoms with E-state index in [4.69, 9.17) is 13.6 Å². The van der Waals surface area contributed by atoms with Gasteiger partial charge in [-0.15, -0.1) is 0 Å². The average molecular weight is 361 g/mol. The molecule has 0 aromatic carbocycles. The second-order valence-electron chi connectivity index (χ2n) is 9.72. The van der Waals surface area contributed by atoms with Crippen LogP contribution in [0.15, 0.2) is 0 Å². The van der Waals surface area contributed by atoms with Crippen molar-refractivity contribution in [3.63, 3.8) is 0 Å².